The van der Waals surface area contributed by atoms with Crippen LogP contribution in [0, 0.1) is 0 Å². The molecular formula is C14H15F2NO2S. The van der Waals surface area contributed by atoms with E-state index in [1.54, 1.807) is 19.2 Å². The summed E-state index contributed by atoms with van der Waals surface area (Å²) < 4.78 is 28.9. The molecule has 0 spiro atoms. The minimum absolute atomic E-state index is 0.0241. The van der Waals surface area contributed by atoms with Gasteiger partial charge >= 0.3 is 6.61 Å². The second-order valence-corrected chi connectivity index (χ2v) is 5.45. The number of ether oxygens (including phenoxy) is 1. The number of ketones is 1. The van der Waals surface area contributed by atoms with Crippen LogP contribution in [0.25, 0.3) is 5.57 Å². The van der Waals surface area contributed by atoms with E-state index in [0.29, 0.717) is 11.1 Å². The maximum absolute atomic E-state index is 12.3. The molecule has 0 fully saturated rings. The Labute approximate surface area is 120 Å². The van der Waals surface area contributed by atoms with E-state index in [0.717, 1.165) is 11.4 Å². The molecule has 6 heteroatoms. The molecule has 1 unspecified atom stereocenters. The summed E-state index contributed by atoms with van der Waals surface area (Å²) in [6, 6.07) is 6.24. The van der Waals surface area contributed by atoms with Crippen LogP contribution in [0.4, 0.5) is 8.78 Å². The number of thioether (sulfide) groups is 1. The first-order chi connectivity index (χ1) is 9.56. The number of allylic oxidation sites excluding steroid dienone is 1. The molecule has 0 bridgehead atoms. The fourth-order valence-corrected chi connectivity index (χ4v) is 3.21. The van der Waals surface area contributed by atoms with Gasteiger partial charge in [-0.3, -0.25) is 4.79 Å². The van der Waals surface area contributed by atoms with Gasteiger partial charge in [-0.15, -0.1) is 0 Å². The summed E-state index contributed by atoms with van der Waals surface area (Å²) in [6.07, 6.45) is 0.728. The van der Waals surface area contributed by atoms with Crippen molar-refractivity contribution < 1.29 is 18.3 Å². The van der Waals surface area contributed by atoms with Crippen molar-refractivity contribution in [3.8, 4) is 5.75 Å². The number of hydrogen-bond acceptors (Lipinski definition) is 4. The largest absolute Gasteiger partial charge is 0.435 e. The average molecular weight is 299 g/mol. The molecule has 0 amide bonds. The van der Waals surface area contributed by atoms with Crippen LogP contribution in [-0.4, -0.2) is 24.7 Å². The van der Waals surface area contributed by atoms with E-state index in [1.165, 1.54) is 23.9 Å². The number of nitrogens with one attached hydrogen (secondary N) is 1. The van der Waals surface area contributed by atoms with E-state index in [1.807, 2.05) is 6.92 Å². The van der Waals surface area contributed by atoms with E-state index in [4.69, 9.17) is 0 Å². The highest BCUT2D eigenvalue weighted by Gasteiger charge is 2.33. The maximum atomic E-state index is 12.3. The first-order valence-electron chi connectivity index (χ1n) is 6.25. The molecule has 0 aliphatic carbocycles. The number of carbonyl (C=O) groups excluding carboxylic acids is 1. The van der Waals surface area contributed by atoms with Crippen LogP contribution in [0.5, 0.6) is 5.75 Å². The Hall–Kier alpha value is -1.56. The molecule has 1 aromatic carbocycles. The van der Waals surface area contributed by atoms with Crippen LogP contribution in [0.1, 0.15) is 18.9 Å². The molecule has 1 aliphatic heterocycles. The van der Waals surface area contributed by atoms with Crippen molar-refractivity contribution in [1.82, 2.24) is 5.32 Å². The van der Waals surface area contributed by atoms with Crippen LogP contribution in [0.2, 0.25) is 0 Å². The van der Waals surface area contributed by atoms with E-state index in [9.17, 15) is 13.6 Å². The molecule has 1 aromatic rings. The quantitative estimate of drug-likeness (QED) is 0.905. The van der Waals surface area contributed by atoms with Crippen molar-refractivity contribution in [2.45, 2.75) is 25.2 Å². The Balaban J connectivity index is 2.36. The average Bonchev–Trinajstić information content (AvgIpc) is 2.74. The van der Waals surface area contributed by atoms with Crippen molar-refractivity contribution in [2.75, 3.05) is 7.05 Å². The summed E-state index contributed by atoms with van der Waals surface area (Å²) in [5.74, 6) is 0.0780. The van der Waals surface area contributed by atoms with Gasteiger partial charge in [0.05, 0.1) is 15.9 Å². The van der Waals surface area contributed by atoms with Gasteiger partial charge in [-0.25, -0.2) is 0 Å². The molecule has 1 aliphatic rings. The first kappa shape index (κ1) is 14.8. The Bertz CT molecular complexity index is 546. The van der Waals surface area contributed by atoms with Gasteiger partial charge in [0.25, 0.3) is 0 Å². The molecule has 1 N–H and O–H groups in total. The molecule has 1 heterocycles. The maximum Gasteiger partial charge on any atom is 0.387 e. The predicted molar refractivity (Wildman–Crippen MR) is 75.7 cm³/mol. The molecule has 0 aromatic heterocycles. The van der Waals surface area contributed by atoms with Gasteiger partial charge in [0.1, 0.15) is 5.75 Å². The van der Waals surface area contributed by atoms with Crippen molar-refractivity contribution in [3.05, 3.63) is 34.9 Å². The van der Waals surface area contributed by atoms with Gasteiger partial charge in [-0.2, -0.15) is 8.78 Å². The predicted octanol–water partition coefficient (Wildman–Crippen LogP) is 3.27. The number of carbonyl (C=O) groups is 1. The first-order valence-corrected chi connectivity index (χ1v) is 7.13. The van der Waals surface area contributed by atoms with Crippen molar-refractivity contribution in [1.29, 1.82) is 0 Å². The molecule has 3 nitrogen and oxygen atoms in total. The number of benzene rings is 1. The van der Waals surface area contributed by atoms with Gasteiger partial charge in [0.15, 0.2) is 5.78 Å². The normalized spacial score (nSPS) is 18.9. The minimum atomic E-state index is -2.87. The summed E-state index contributed by atoms with van der Waals surface area (Å²) in [5.41, 5.74) is 1.14. The van der Waals surface area contributed by atoms with Gasteiger partial charge in [-0.1, -0.05) is 30.8 Å². The number of rotatable bonds is 5. The topological polar surface area (TPSA) is 38.3 Å². The summed E-state index contributed by atoms with van der Waals surface area (Å²) in [5, 5.41) is 3.66. The van der Waals surface area contributed by atoms with E-state index < -0.39 is 6.61 Å². The number of Topliss-reactive ketones (excluding diaryl/α,β-unsaturated/α-hetero) is 1. The lowest BCUT2D eigenvalue weighted by Gasteiger charge is -2.08. The van der Waals surface area contributed by atoms with Crippen molar-refractivity contribution in [3.63, 3.8) is 0 Å². The minimum Gasteiger partial charge on any atom is -0.435 e. The van der Waals surface area contributed by atoms with Gasteiger partial charge < -0.3 is 10.1 Å². The fourth-order valence-electron chi connectivity index (χ4n) is 2.08. The third-order valence-electron chi connectivity index (χ3n) is 2.97. The molecule has 108 valence electrons. The summed E-state index contributed by atoms with van der Waals surface area (Å²) in [4.78, 5) is 12.3. The number of alkyl halides is 2. The van der Waals surface area contributed by atoms with Crippen LogP contribution in [0.15, 0.2) is 29.3 Å². The van der Waals surface area contributed by atoms with Crippen LogP contribution >= 0.6 is 11.8 Å². The van der Waals surface area contributed by atoms with E-state index in [2.05, 4.69) is 10.1 Å². The number of halogens is 2. The number of hydrogen-bond donors (Lipinski definition) is 1. The Morgan fingerprint density at radius 2 is 2.20 bits per heavy atom. The highest BCUT2D eigenvalue weighted by Crippen LogP contribution is 2.40. The standard InChI is InChI=1S/C14H15F2NO2S/c1-3-10-12(18)11(13(17-2)20-10)8-5-4-6-9(7-8)19-14(15)16/h4-7,10,14,17H,3H2,1-2H3. The second kappa shape index (κ2) is 6.26. The Morgan fingerprint density at radius 1 is 1.45 bits per heavy atom. The molecule has 0 saturated carbocycles. The Kier molecular flexibility index (Phi) is 4.65. The molecular weight excluding hydrogens is 284 g/mol. The fraction of sp³-hybridized carbons (Fsp3) is 0.357. The summed E-state index contributed by atoms with van der Waals surface area (Å²) in [7, 11) is 1.74. The third-order valence-corrected chi connectivity index (χ3v) is 4.45. The van der Waals surface area contributed by atoms with Crippen LogP contribution in [0.3, 0.4) is 0 Å². The monoisotopic (exact) mass is 299 g/mol. The second-order valence-electron chi connectivity index (χ2n) is 4.24. The van der Waals surface area contributed by atoms with Crippen molar-refractivity contribution >= 4 is 23.1 Å². The van der Waals surface area contributed by atoms with Gasteiger partial charge in [0.2, 0.25) is 0 Å². The highest BCUT2D eigenvalue weighted by molar-refractivity contribution is 8.05. The van der Waals surface area contributed by atoms with E-state index in [-0.39, 0.29) is 16.8 Å². The zero-order chi connectivity index (χ0) is 14.7. The summed E-state index contributed by atoms with van der Waals surface area (Å²) >= 11 is 1.47. The lowest BCUT2D eigenvalue weighted by Crippen LogP contribution is -2.12. The molecule has 0 saturated heterocycles. The van der Waals surface area contributed by atoms with Gasteiger partial charge in [0, 0.05) is 7.05 Å². The molecule has 1 atom stereocenters. The van der Waals surface area contributed by atoms with Crippen LogP contribution in [-0.2, 0) is 4.79 Å². The lowest BCUT2D eigenvalue weighted by atomic mass is 10.00. The molecule has 2 rings (SSSR count). The Morgan fingerprint density at radius 3 is 2.80 bits per heavy atom. The molecule has 0 radical (unpaired) electrons. The SMILES string of the molecule is CCC1SC(NC)=C(c2cccc(OC(F)F)c2)C1=O. The third kappa shape index (κ3) is 2.95. The zero-order valence-electron chi connectivity index (χ0n) is 11.2. The van der Waals surface area contributed by atoms with Crippen molar-refractivity contribution in [2.24, 2.45) is 0 Å². The zero-order valence-corrected chi connectivity index (χ0v) is 12.0. The summed E-state index contributed by atoms with van der Waals surface area (Å²) in [6.45, 7) is -0.928. The smallest absolute Gasteiger partial charge is 0.387 e. The highest BCUT2D eigenvalue weighted by atomic mass is 32.2. The van der Waals surface area contributed by atoms with E-state index >= 15 is 0 Å². The van der Waals surface area contributed by atoms with Crippen LogP contribution < -0.4 is 10.1 Å². The molecule has 20 heavy (non-hydrogen) atoms. The van der Waals surface area contributed by atoms with Gasteiger partial charge in [-0.05, 0) is 24.1 Å². The lowest BCUT2D eigenvalue weighted by molar-refractivity contribution is -0.113.